The zero-order chi connectivity index (χ0) is 15.6. The molecule has 4 rings (SSSR count). The van der Waals surface area contributed by atoms with E-state index in [-0.39, 0.29) is 11.9 Å². The van der Waals surface area contributed by atoms with E-state index in [1.165, 1.54) is 10.1 Å². The van der Waals surface area contributed by atoms with E-state index in [9.17, 15) is 4.79 Å². The van der Waals surface area contributed by atoms with Crippen molar-refractivity contribution in [3.05, 3.63) is 53.7 Å². The molecule has 0 aliphatic carbocycles. The Labute approximate surface area is 139 Å². The van der Waals surface area contributed by atoms with Crippen LogP contribution in [-0.4, -0.2) is 33.2 Å². The molecule has 5 heteroatoms. The van der Waals surface area contributed by atoms with Crippen molar-refractivity contribution in [3.8, 4) is 0 Å². The number of hydrogen-bond donors (Lipinski definition) is 0. The van der Waals surface area contributed by atoms with E-state index >= 15 is 0 Å². The van der Waals surface area contributed by atoms with Crippen LogP contribution < -0.4 is 0 Å². The monoisotopic (exact) mass is 325 g/mol. The van der Waals surface area contributed by atoms with Crippen LogP contribution in [-0.2, 0) is 17.8 Å². The third-order valence-corrected chi connectivity index (χ3v) is 5.57. The fourth-order valence-electron chi connectivity index (χ4n) is 3.41. The van der Waals surface area contributed by atoms with Gasteiger partial charge in [0.25, 0.3) is 0 Å². The molecule has 0 radical (unpaired) electrons. The van der Waals surface area contributed by atoms with Crippen molar-refractivity contribution in [2.24, 2.45) is 0 Å². The molecule has 0 spiro atoms. The highest BCUT2D eigenvalue weighted by atomic mass is 32.1. The van der Waals surface area contributed by atoms with E-state index in [1.807, 2.05) is 34.0 Å². The molecule has 1 aliphatic heterocycles. The molecule has 118 valence electrons. The van der Waals surface area contributed by atoms with Gasteiger partial charge in [-0.25, -0.2) is 0 Å². The Bertz CT molecular complexity index is 809. The first-order valence-electron chi connectivity index (χ1n) is 8.03. The van der Waals surface area contributed by atoms with Gasteiger partial charge in [-0.3, -0.25) is 9.48 Å². The maximum absolute atomic E-state index is 12.8. The van der Waals surface area contributed by atoms with Gasteiger partial charge in [0.15, 0.2) is 0 Å². The molecule has 1 saturated heterocycles. The lowest BCUT2D eigenvalue weighted by Gasteiger charge is -2.24. The van der Waals surface area contributed by atoms with E-state index in [1.54, 1.807) is 17.5 Å². The summed E-state index contributed by atoms with van der Waals surface area (Å²) in [4.78, 5) is 14.8. The number of likely N-dealkylation sites (tertiary alicyclic amines) is 1. The third-order valence-electron chi connectivity index (χ3n) is 4.56. The molecule has 1 aliphatic rings. The summed E-state index contributed by atoms with van der Waals surface area (Å²) in [5, 5.41) is 7.61. The van der Waals surface area contributed by atoms with E-state index < -0.39 is 0 Å². The Morgan fingerprint density at radius 3 is 3.09 bits per heavy atom. The van der Waals surface area contributed by atoms with Crippen LogP contribution in [0.1, 0.15) is 18.4 Å². The van der Waals surface area contributed by atoms with Gasteiger partial charge in [0.05, 0.1) is 19.0 Å². The Morgan fingerprint density at radius 2 is 2.22 bits per heavy atom. The number of thiophene rings is 1. The summed E-state index contributed by atoms with van der Waals surface area (Å²) in [6, 6.07) is 10.5. The number of hydrogen-bond acceptors (Lipinski definition) is 3. The Hall–Kier alpha value is -2.14. The molecule has 0 N–H and O–H groups in total. The van der Waals surface area contributed by atoms with Gasteiger partial charge in [0, 0.05) is 23.6 Å². The lowest BCUT2D eigenvalue weighted by atomic mass is 10.1. The normalized spacial score (nSPS) is 17.9. The quantitative estimate of drug-likeness (QED) is 0.738. The Morgan fingerprint density at radius 1 is 1.30 bits per heavy atom. The Kier molecular flexibility index (Phi) is 3.87. The maximum Gasteiger partial charge on any atom is 0.227 e. The lowest BCUT2D eigenvalue weighted by Crippen LogP contribution is -2.39. The first kappa shape index (κ1) is 14.5. The smallest absolute Gasteiger partial charge is 0.227 e. The number of aromatic nitrogens is 2. The highest BCUT2D eigenvalue weighted by Gasteiger charge is 2.29. The van der Waals surface area contributed by atoms with E-state index in [2.05, 4.69) is 22.6 Å². The molecule has 1 amide bonds. The van der Waals surface area contributed by atoms with Crippen LogP contribution in [0.15, 0.2) is 48.1 Å². The third kappa shape index (κ3) is 2.88. The van der Waals surface area contributed by atoms with E-state index in [0.29, 0.717) is 6.42 Å². The average molecular weight is 325 g/mol. The first-order chi connectivity index (χ1) is 11.3. The van der Waals surface area contributed by atoms with Gasteiger partial charge in [-0.05, 0) is 41.3 Å². The van der Waals surface area contributed by atoms with E-state index in [0.717, 1.165) is 31.5 Å². The highest BCUT2D eigenvalue weighted by Crippen LogP contribution is 2.27. The second-order valence-corrected chi connectivity index (χ2v) is 6.96. The average Bonchev–Trinajstić information content (AvgIpc) is 3.29. The van der Waals surface area contributed by atoms with Gasteiger partial charge in [0.2, 0.25) is 5.91 Å². The molecule has 3 heterocycles. The molecule has 23 heavy (non-hydrogen) atoms. The fourth-order valence-corrected chi connectivity index (χ4v) is 4.38. The number of benzene rings is 1. The molecule has 0 saturated carbocycles. The second-order valence-electron chi connectivity index (χ2n) is 6.05. The summed E-state index contributed by atoms with van der Waals surface area (Å²) in [5.41, 5.74) is 1.15. The number of fused-ring (bicyclic) bond motifs is 1. The number of carbonyl (C=O) groups excluding carboxylic acids is 1. The summed E-state index contributed by atoms with van der Waals surface area (Å²) >= 11 is 1.72. The van der Waals surface area contributed by atoms with Crippen LogP contribution in [0.4, 0.5) is 0 Å². The van der Waals surface area contributed by atoms with Gasteiger partial charge >= 0.3 is 0 Å². The molecule has 0 bridgehead atoms. The zero-order valence-electron chi connectivity index (χ0n) is 12.9. The summed E-state index contributed by atoms with van der Waals surface area (Å²) in [7, 11) is 0. The van der Waals surface area contributed by atoms with Gasteiger partial charge in [-0.15, -0.1) is 11.3 Å². The molecule has 0 unspecified atom stereocenters. The van der Waals surface area contributed by atoms with Crippen molar-refractivity contribution in [3.63, 3.8) is 0 Å². The van der Waals surface area contributed by atoms with E-state index in [4.69, 9.17) is 0 Å². The van der Waals surface area contributed by atoms with Crippen LogP contribution in [0, 0.1) is 0 Å². The van der Waals surface area contributed by atoms with Gasteiger partial charge < -0.3 is 4.90 Å². The van der Waals surface area contributed by atoms with Crippen LogP contribution in [0.2, 0.25) is 0 Å². The van der Waals surface area contributed by atoms with Crippen molar-refractivity contribution < 1.29 is 4.79 Å². The van der Waals surface area contributed by atoms with Crippen molar-refractivity contribution >= 4 is 27.3 Å². The maximum atomic E-state index is 12.8. The highest BCUT2D eigenvalue weighted by molar-refractivity contribution is 7.17. The lowest BCUT2D eigenvalue weighted by molar-refractivity contribution is -0.131. The molecule has 1 aromatic carbocycles. The topological polar surface area (TPSA) is 38.1 Å². The number of nitrogens with zero attached hydrogens (tertiary/aromatic N) is 3. The summed E-state index contributed by atoms with van der Waals surface area (Å²) in [6.07, 6.45) is 6.41. The Balaban J connectivity index is 1.49. The molecule has 1 atom stereocenters. The predicted molar refractivity (Wildman–Crippen MR) is 92.5 cm³/mol. The SMILES string of the molecule is O=C(Cc1csc2ccccc12)N1CCC[C@@H]1Cn1cccn1. The molecule has 2 aromatic heterocycles. The number of rotatable bonds is 4. The van der Waals surface area contributed by atoms with Gasteiger partial charge in [0.1, 0.15) is 0 Å². The van der Waals surface area contributed by atoms with Crippen LogP contribution in [0.5, 0.6) is 0 Å². The van der Waals surface area contributed by atoms with Crippen molar-refractivity contribution in [2.75, 3.05) is 6.54 Å². The zero-order valence-corrected chi connectivity index (χ0v) is 13.7. The van der Waals surface area contributed by atoms with Crippen LogP contribution >= 0.6 is 11.3 Å². The predicted octanol–water partition coefficient (Wildman–Crippen LogP) is 3.33. The second kappa shape index (κ2) is 6.16. The molecular formula is C18H19N3OS. The van der Waals surface area contributed by atoms with Gasteiger partial charge in [-0.2, -0.15) is 5.10 Å². The fraction of sp³-hybridized carbons (Fsp3) is 0.333. The minimum Gasteiger partial charge on any atom is -0.338 e. The summed E-state index contributed by atoms with van der Waals surface area (Å²) < 4.78 is 3.18. The molecule has 4 nitrogen and oxygen atoms in total. The molecule has 1 fully saturated rings. The van der Waals surface area contributed by atoms with Crippen molar-refractivity contribution in [1.82, 2.24) is 14.7 Å². The number of carbonyl (C=O) groups is 1. The number of amides is 1. The van der Waals surface area contributed by atoms with Gasteiger partial charge in [-0.1, -0.05) is 18.2 Å². The van der Waals surface area contributed by atoms with Crippen LogP contribution in [0.3, 0.4) is 0 Å². The first-order valence-corrected chi connectivity index (χ1v) is 8.91. The summed E-state index contributed by atoms with van der Waals surface area (Å²) in [5.74, 6) is 0.239. The standard InChI is InChI=1S/C18H19N3OS/c22-18(11-14-13-23-17-7-2-1-6-16(14)17)21-10-3-5-15(21)12-20-9-4-8-19-20/h1-2,4,6-9,13,15H,3,5,10-12H2/t15-/m1/s1. The van der Waals surface area contributed by atoms with Crippen molar-refractivity contribution in [2.45, 2.75) is 31.8 Å². The molecular weight excluding hydrogens is 306 g/mol. The van der Waals surface area contributed by atoms with Crippen molar-refractivity contribution in [1.29, 1.82) is 0 Å². The summed E-state index contributed by atoms with van der Waals surface area (Å²) in [6.45, 7) is 1.66. The minimum absolute atomic E-state index is 0.239. The minimum atomic E-state index is 0.239. The molecule has 3 aromatic rings. The largest absolute Gasteiger partial charge is 0.338 e. The van der Waals surface area contributed by atoms with Crippen LogP contribution in [0.25, 0.3) is 10.1 Å².